The largest absolute Gasteiger partial charge is 0.492 e. The van der Waals surface area contributed by atoms with Gasteiger partial charge in [0.15, 0.2) is 0 Å². The first-order chi connectivity index (χ1) is 11.4. The molecule has 0 radical (unpaired) electrons. The lowest BCUT2D eigenvalue weighted by Gasteiger charge is -2.14. The van der Waals surface area contributed by atoms with Gasteiger partial charge in [-0.2, -0.15) is 5.26 Å². The van der Waals surface area contributed by atoms with Crippen LogP contribution in [0.5, 0.6) is 5.75 Å². The SMILES string of the molecule is C=C(C)CCOc1cc(F)cc(Nc2ccc(I)cc2F)c1C#N. The number of ether oxygens (including phenoxy) is 1. The Morgan fingerprint density at radius 1 is 1.29 bits per heavy atom. The molecule has 6 heteroatoms. The highest BCUT2D eigenvalue weighted by atomic mass is 127. The normalized spacial score (nSPS) is 10.1. The van der Waals surface area contributed by atoms with Gasteiger partial charge in [-0.1, -0.05) is 5.57 Å². The molecule has 0 unspecified atom stereocenters. The predicted molar refractivity (Wildman–Crippen MR) is 98.4 cm³/mol. The molecule has 0 aliphatic heterocycles. The zero-order chi connectivity index (χ0) is 17.7. The van der Waals surface area contributed by atoms with E-state index in [9.17, 15) is 14.0 Å². The second-order valence-electron chi connectivity index (χ2n) is 5.24. The van der Waals surface area contributed by atoms with Crippen LogP contribution in [0.15, 0.2) is 42.5 Å². The Hall–Kier alpha value is -2.14. The Morgan fingerprint density at radius 3 is 2.67 bits per heavy atom. The number of benzene rings is 2. The van der Waals surface area contributed by atoms with E-state index in [0.29, 0.717) is 6.42 Å². The molecule has 0 spiro atoms. The van der Waals surface area contributed by atoms with E-state index < -0.39 is 11.6 Å². The molecular formula is C18H15F2IN2O. The van der Waals surface area contributed by atoms with E-state index in [0.717, 1.165) is 21.3 Å². The van der Waals surface area contributed by atoms with E-state index in [2.05, 4.69) is 11.9 Å². The lowest BCUT2D eigenvalue weighted by molar-refractivity contribution is 0.319. The Morgan fingerprint density at radius 2 is 2.04 bits per heavy atom. The minimum Gasteiger partial charge on any atom is -0.492 e. The minimum atomic E-state index is -0.576. The van der Waals surface area contributed by atoms with Crippen molar-refractivity contribution in [1.82, 2.24) is 0 Å². The first-order valence-corrected chi connectivity index (χ1v) is 8.21. The van der Waals surface area contributed by atoms with Crippen LogP contribution in [-0.2, 0) is 0 Å². The summed E-state index contributed by atoms with van der Waals surface area (Å²) in [5, 5.41) is 12.1. The molecule has 3 nitrogen and oxygen atoms in total. The molecule has 0 saturated carbocycles. The van der Waals surface area contributed by atoms with Crippen LogP contribution in [0.3, 0.4) is 0 Å². The average Bonchev–Trinajstić information content (AvgIpc) is 2.49. The van der Waals surface area contributed by atoms with Gasteiger partial charge in [0.25, 0.3) is 0 Å². The molecule has 1 N–H and O–H groups in total. The predicted octanol–water partition coefficient (Wildman–Crippen LogP) is 5.53. The van der Waals surface area contributed by atoms with Gasteiger partial charge in [0.1, 0.15) is 29.0 Å². The fraction of sp³-hybridized carbons (Fsp3) is 0.167. The highest BCUT2D eigenvalue weighted by Crippen LogP contribution is 2.31. The first-order valence-electron chi connectivity index (χ1n) is 7.13. The van der Waals surface area contributed by atoms with E-state index in [1.165, 1.54) is 12.1 Å². The smallest absolute Gasteiger partial charge is 0.147 e. The van der Waals surface area contributed by atoms with Crippen LogP contribution in [0.2, 0.25) is 0 Å². The summed E-state index contributed by atoms with van der Waals surface area (Å²) >= 11 is 1.99. The number of rotatable bonds is 6. The summed E-state index contributed by atoms with van der Waals surface area (Å²) in [7, 11) is 0. The van der Waals surface area contributed by atoms with Gasteiger partial charge in [0, 0.05) is 16.1 Å². The summed E-state index contributed by atoms with van der Waals surface area (Å²) in [6.45, 7) is 5.90. The number of hydrogen-bond acceptors (Lipinski definition) is 3. The van der Waals surface area contributed by atoms with Gasteiger partial charge in [-0.05, 0) is 53.8 Å². The molecule has 2 aromatic rings. The highest BCUT2D eigenvalue weighted by Gasteiger charge is 2.14. The summed E-state index contributed by atoms with van der Waals surface area (Å²) in [5.41, 5.74) is 1.36. The van der Waals surface area contributed by atoms with E-state index in [4.69, 9.17) is 4.74 Å². The van der Waals surface area contributed by atoms with Crippen LogP contribution in [-0.4, -0.2) is 6.61 Å². The Kier molecular flexibility index (Phi) is 6.15. The summed E-state index contributed by atoms with van der Waals surface area (Å²) in [6, 6.07) is 8.85. The molecular weight excluding hydrogens is 425 g/mol. The molecule has 0 saturated heterocycles. The monoisotopic (exact) mass is 440 g/mol. The summed E-state index contributed by atoms with van der Waals surface area (Å²) in [4.78, 5) is 0. The maximum atomic E-state index is 14.0. The molecule has 0 bridgehead atoms. The molecule has 24 heavy (non-hydrogen) atoms. The molecule has 0 heterocycles. The molecule has 0 aromatic heterocycles. The van der Waals surface area contributed by atoms with E-state index in [-0.39, 0.29) is 29.3 Å². The maximum absolute atomic E-state index is 14.0. The molecule has 2 rings (SSSR count). The lowest BCUT2D eigenvalue weighted by Crippen LogP contribution is -2.03. The van der Waals surface area contributed by atoms with Crippen molar-refractivity contribution in [2.45, 2.75) is 13.3 Å². The van der Waals surface area contributed by atoms with E-state index >= 15 is 0 Å². The third-order valence-electron chi connectivity index (χ3n) is 3.17. The van der Waals surface area contributed by atoms with Crippen molar-refractivity contribution in [3.63, 3.8) is 0 Å². The van der Waals surface area contributed by atoms with Crippen LogP contribution in [0.4, 0.5) is 20.2 Å². The topological polar surface area (TPSA) is 45.0 Å². The number of halogens is 3. The van der Waals surface area contributed by atoms with E-state index in [1.54, 1.807) is 6.07 Å². The zero-order valence-corrected chi connectivity index (χ0v) is 15.2. The Balaban J connectivity index is 2.33. The number of nitrogens with zero attached hydrogens (tertiary/aromatic N) is 1. The van der Waals surface area contributed by atoms with Gasteiger partial charge < -0.3 is 10.1 Å². The number of nitriles is 1. The standard InChI is InChI=1S/C18H15F2IN2O/c1-11(2)5-6-24-18-8-12(19)7-17(14(18)10-22)23-16-4-3-13(21)9-15(16)20/h3-4,7-9,23H,1,5-6H2,2H3. The van der Waals surface area contributed by atoms with Crippen molar-refractivity contribution in [1.29, 1.82) is 5.26 Å². The van der Waals surface area contributed by atoms with Crippen LogP contribution in [0.1, 0.15) is 18.9 Å². The van der Waals surface area contributed by atoms with Gasteiger partial charge >= 0.3 is 0 Å². The number of nitrogens with one attached hydrogen (secondary N) is 1. The molecule has 2 aromatic carbocycles. The molecule has 0 aliphatic carbocycles. The first kappa shape index (κ1) is 18.2. The van der Waals surface area contributed by atoms with Gasteiger partial charge in [0.05, 0.1) is 18.0 Å². The number of hydrogen-bond donors (Lipinski definition) is 1. The second-order valence-corrected chi connectivity index (χ2v) is 6.49. The fourth-order valence-electron chi connectivity index (χ4n) is 1.98. The van der Waals surface area contributed by atoms with Gasteiger partial charge in [0.2, 0.25) is 0 Å². The van der Waals surface area contributed by atoms with Crippen LogP contribution in [0, 0.1) is 26.5 Å². The Bertz CT molecular complexity index is 815. The van der Waals surface area contributed by atoms with Crippen LogP contribution in [0.25, 0.3) is 0 Å². The highest BCUT2D eigenvalue weighted by molar-refractivity contribution is 14.1. The molecule has 0 aliphatic rings. The van der Waals surface area contributed by atoms with Gasteiger partial charge in [-0.15, -0.1) is 6.58 Å². The van der Waals surface area contributed by atoms with Gasteiger partial charge in [-0.3, -0.25) is 0 Å². The van der Waals surface area contributed by atoms with Crippen molar-refractivity contribution in [2.24, 2.45) is 0 Å². The maximum Gasteiger partial charge on any atom is 0.147 e. The summed E-state index contributed by atoms with van der Waals surface area (Å²) < 4.78 is 34.1. The quantitative estimate of drug-likeness (QED) is 0.475. The van der Waals surface area contributed by atoms with Crippen LogP contribution >= 0.6 is 22.6 Å². The van der Waals surface area contributed by atoms with Crippen molar-refractivity contribution < 1.29 is 13.5 Å². The lowest BCUT2D eigenvalue weighted by atomic mass is 10.1. The van der Waals surface area contributed by atoms with Crippen molar-refractivity contribution >= 4 is 34.0 Å². The van der Waals surface area contributed by atoms with E-state index in [1.807, 2.05) is 35.6 Å². The molecule has 0 fully saturated rings. The third-order valence-corrected chi connectivity index (χ3v) is 3.84. The van der Waals surface area contributed by atoms with Crippen LogP contribution < -0.4 is 10.1 Å². The summed E-state index contributed by atoms with van der Waals surface area (Å²) in [5.74, 6) is -0.945. The van der Waals surface area contributed by atoms with Crippen molar-refractivity contribution in [3.05, 3.63) is 63.3 Å². The van der Waals surface area contributed by atoms with Gasteiger partial charge in [-0.25, -0.2) is 8.78 Å². The summed E-state index contributed by atoms with van der Waals surface area (Å²) in [6.07, 6.45) is 0.593. The second kappa shape index (κ2) is 8.11. The minimum absolute atomic E-state index is 0.118. The van der Waals surface area contributed by atoms with Crippen molar-refractivity contribution in [2.75, 3.05) is 11.9 Å². The Labute approximate surface area is 153 Å². The molecule has 124 valence electrons. The fourth-order valence-corrected chi connectivity index (χ4v) is 2.43. The molecule has 0 atom stereocenters. The molecule has 0 amide bonds. The zero-order valence-electron chi connectivity index (χ0n) is 13.0. The third kappa shape index (κ3) is 4.68. The van der Waals surface area contributed by atoms with Crippen molar-refractivity contribution in [3.8, 4) is 11.8 Å². The average molecular weight is 440 g/mol. The number of anilines is 2.